The van der Waals surface area contributed by atoms with Crippen molar-refractivity contribution in [2.45, 2.75) is 76.7 Å². The van der Waals surface area contributed by atoms with Gasteiger partial charge in [-0.25, -0.2) is 0 Å². The van der Waals surface area contributed by atoms with Gasteiger partial charge in [0.25, 0.3) is 0 Å². The van der Waals surface area contributed by atoms with E-state index in [-0.39, 0.29) is 11.5 Å². The van der Waals surface area contributed by atoms with E-state index < -0.39 is 0 Å². The van der Waals surface area contributed by atoms with Gasteiger partial charge in [0.2, 0.25) is 0 Å². The average molecular weight is 298 g/mol. The third-order valence-electron chi connectivity index (χ3n) is 7.24. The molecule has 0 bridgehead atoms. The highest BCUT2D eigenvalue weighted by Crippen LogP contribution is 2.60. The van der Waals surface area contributed by atoms with Crippen molar-refractivity contribution in [3.63, 3.8) is 0 Å². The van der Waals surface area contributed by atoms with E-state index in [1.165, 1.54) is 44.9 Å². The van der Waals surface area contributed by atoms with E-state index >= 15 is 0 Å². The average Bonchev–Trinajstić information content (AvgIpc) is 2.90. The Morgan fingerprint density at radius 1 is 1.18 bits per heavy atom. The zero-order valence-corrected chi connectivity index (χ0v) is 13.8. The fourth-order valence-corrected chi connectivity index (χ4v) is 6.17. The second-order valence-corrected chi connectivity index (χ2v) is 8.06. The number of hydrogen-bond donors (Lipinski definition) is 1. The van der Waals surface area contributed by atoms with Gasteiger partial charge in [0, 0.05) is 5.41 Å². The van der Waals surface area contributed by atoms with Gasteiger partial charge in [-0.05, 0) is 93.6 Å². The summed E-state index contributed by atoms with van der Waals surface area (Å²) < 4.78 is 0. The van der Waals surface area contributed by atoms with Crippen LogP contribution in [-0.2, 0) is 0 Å². The predicted molar refractivity (Wildman–Crippen MR) is 91.5 cm³/mol. The van der Waals surface area contributed by atoms with E-state index in [9.17, 15) is 5.11 Å². The third kappa shape index (κ3) is 2.08. The van der Waals surface area contributed by atoms with Crippen molar-refractivity contribution in [1.29, 1.82) is 0 Å². The summed E-state index contributed by atoms with van der Waals surface area (Å²) in [6, 6.07) is 0. The van der Waals surface area contributed by atoms with Gasteiger partial charge in [0.15, 0.2) is 0 Å². The van der Waals surface area contributed by atoms with E-state index in [4.69, 9.17) is 0 Å². The molecule has 0 unspecified atom stereocenters. The van der Waals surface area contributed by atoms with Crippen molar-refractivity contribution in [1.82, 2.24) is 0 Å². The van der Waals surface area contributed by atoms with Gasteiger partial charge < -0.3 is 5.11 Å². The lowest BCUT2D eigenvalue weighted by atomic mass is 9.57. The van der Waals surface area contributed by atoms with Crippen LogP contribution in [0.4, 0.5) is 0 Å². The zero-order valence-electron chi connectivity index (χ0n) is 13.8. The van der Waals surface area contributed by atoms with E-state index in [0.717, 1.165) is 37.5 Å². The van der Waals surface area contributed by atoms with Crippen LogP contribution < -0.4 is 0 Å². The van der Waals surface area contributed by atoms with Crippen LogP contribution in [0.1, 0.15) is 70.6 Å². The second-order valence-electron chi connectivity index (χ2n) is 8.06. The van der Waals surface area contributed by atoms with Crippen LogP contribution in [-0.4, -0.2) is 11.2 Å². The SMILES string of the molecule is C=CCC[C@]12CC=C3C4=C(CCCC4)CC[C@H]3[C@@H]1CC[C@@H]2O. The van der Waals surface area contributed by atoms with Crippen molar-refractivity contribution < 1.29 is 5.11 Å². The fourth-order valence-electron chi connectivity index (χ4n) is 6.17. The van der Waals surface area contributed by atoms with Gasteiger partial charge in [-0.1, -0.05) is 17.7 Å². The predicted octanol–water partition coefficient (Wildman–Crippen LogP) is 5.32. The number of aliphatic hydroxyl groups excluding tert-OH is 1. The van der Waals surface area contributed by atoms with Gasteiger partial charge >= 0.3 is 0 Å². The molecule has 4 atom stereocenters. The molecule has 4 aliphatic rings. The summed E-state index contributed by atoms with van der Waals surface area (Å²) in [5, 5.41) is 10.7. The smallest absolute Gasteiger partial charge is 0.0602 e. The third-order valence-corrected chi connectivity index (χ3v) is 7.24. The first-order valence-corrected chi connectivity index (χ1v) is 9.46. The standard InChI is InChI=1S/C21H30O/c1-2-3-13-21-14-12-17-16-7-5-4-6-15(16)8-9-18(17)19(21)10-11-20(21)22/h2,12,18-20,22H,1,3-11,13-14H2/t18-,19+,20+,21+/m1/s1. The molecule has 0 aromatic carbocycles. The van der Waals surface area contributed by atoms with Crippen LogP contribution in [0.25, 0.3) is 0 Å². The number of hydrogen-bond acceptors (Lipinski definition) is 1. The molecule has 120 valence electrons. The molecule has 0 amide bonds. The largest absolute Gasteiger partial charge is 0.393 e. The monoisotopic (exact) mass is 298 g/mol. The first-order valence-electron chi connectivity index (χ1n) is 9.46. The molecule has 0 radical (unpaired) electrons. The highest BCUT2D eigenvalue weighted by atomic mass is 16.3. The highest BCUT2D eigenvalue weighted by Gasteiger charge is 2.54. The molecule has 1 fully saturated rings. The molecule has 1 heteroatoms. The van der Waals surface area contributed by atoms with Crippen LogP contribution in [0, 0.1) is 17.3 Å². The highest BCUT2D eigenvalue weighted by molar-refractivity contribution is 5.43. The van der Waals surface area contributed by atoms with Gasteiger partial charge in [-0.2, -0.15) is 0 Å². The molecular weight excluding hydrogens is 268 g/mol. The molecule has 0 spiro atoms. The normalized spacial score (nSPS) is 40.6. The van der Waals surface area contributed by atoms with E-state index in [2.05, 4.69) is 12.7 Å². The Balaban J connectivity index is 1.69. The Morgan fingerprint density at radius 3 is 2.91 bits per heavy atom. The molecule has 0 aromatic rings. The summed E-state index contributed by atoms with van der Waals surface area (Å²) in [7, 11) is 0. The van der Waals surface area contributed by atoms with Crippen LogP contribution in [0.3, 0.4) is 0 Å². The molecular formula is C21H30O. The van der Waals surface area contributed by atoms with Gasteiger partial charge in [-0.3, -0.25) is 0 Å². The van der Waals surface area contributed by atoms with Crippen LogP contribution in [0.5, 0.6) is 0 Å². The van der Waals surface area contributed by atoms with Crippen LogP contribution >= 0.6 is 0 Å². The van der Waals surface area contributed by atoms with Crippen LogP contribution in [0.2, 0.25) is 0 Å². The molecule has 1 nitrogen and oxygen atoms in total. The lowest BCUT2D eigenvalue weighted by Gasteiger charge is -2.48. The maximum Gasteiger partial charge on any atom is 0.0602 e. The molecule has 0 aliphatic heterocycles. The molecule has 22 heavy (non-hydrogen) atoms. The molecule has 4 aliphatic carbocycles. The van der Waals surface area contributed by atoms with Gasteiger partial charge in [0.1, 0.15) is 0 Å². The summed E-state index contributed by atoms with van der Waals surface area (Å²) in [6.45, 7) is 3.91. The number of rotatable bonds is 3. The number of allylic oxidation sites excluding steroid dienone is 5. The maximum atomic E-state index is 10.7. The molecule has 4 rings (SSSR count). The Bertz CT molecular complexity index is 526. The minimum atomic E-state index is -0.0861. The van der Waals surface area contributed by atoms with Crippen molar-refractivity contribution in [3.8, 4) is 0 Å². The molecule has 0 aromatic heterocycles. The minimum absolute atomic E-state index is 0.0861. The Labute approximate surface area is 135 Å². The zero-order chi connectivity index (χ0) is 15.2. The van der Waals surface area contributed by atoms with Crippen molar-refractivity contribution in [3.05, 3.63) is 35.5 Å². The first-order chi connectivity index (χ1) is 10.8. The Hall–Kier alpha value is -0.820. The lowest BCUT2D eigenvalue weighted by Crippen LogP contribution is -2.42. The van der Waals surface area contributed by atoms with Crippen molar-refractivity contribution in [2.24, 2.45) is 17.3 Å². The Morgan fingerprint density at radius 2 is 2.05 bits per heavy atom. The van der Waals surface area contributed by atoms with Gasteiger partial charge in [0.05, 0.1) is 6.10 Å². The molecule has 1 saturated carbocycles. The molecule has 0 saturated heterocycles. The van der Waals surface area contributed by atoms with Gasteiger partial charge in [-0.15, -0.1) is 6.58 Å². The summed E-state index contributed by atoms with van der Waals surface area (Å²) in [6.07, 6.45) is 18.2. The summed E-state index contributed by atoms with van der Waals surface area (Å²) in [4.78, 5) is 0. The Kier molecular flexibility index (Phi) is 3.80. The minimum Gasteiger partial charge on any atom is -0.393 e. The maximum absolute atomic E-state index is 10.7. The summed E-state index contributed by atoms with van der Waals surface area (Å²) in [5.41, 5.74) is 5.41. The van der Waals surface area contributed by atoms with E-state index in [0.29, 0.717) is 0 Å². The summed E-state index contributed by atoms with van der Waals surface area (Å²) >= 11 is 0. The number of aliphatic hydroxyl groups is 1. The quantitative estimate of drug-likeness (QED) is 0.699. The van der Waals surface area contributed by atoms with Crippen LogP contribution in [0.15, 0.2) is 35.5 Å². The first kappa shape index (κ1) is 14.8. The van der Waals surface area contributed by atoms with E-state index in [1.807, 2.05) is 6.08 Å². The molecule has 1 N–H and O–H groups in total. The second kappa shape index (κ2) is 5.67. The topological polar surface area (TPSA) is 20.2 Å². The fraction of sp³-hybridized carbons (Fsp3) is 0.714. The van der Waals surface area contributed by atoms with Crippen molar-refractivity contribution in [2.75, 3.05) is 0 Å². The number of fused-ring (bicyclic) bond motifs is 4. The summed E-state index contributed by atoms with van der Waals surface area (Å²) in [5.74, 6) is 1.46. The van der Waals surface area contributed by atoms with Crippen molar-refractivity contribution >= 4 is 0 Å². The lowest BCUT2D eigenvalue weighted by molar-refractivity contribution is -0.00120. The van der Waals surface area contributed by atoms with E-state index in [1.54, 1.807) is 16.7 Å². The molecule has 0 heterocycles.